The standard InChI is InChI=1S/C13H17BrClNO/c14-11-2-1-10(12(15)7-11)8-16-9-13(3-4-13)5-6-17/h1-2,7,16-17H,3-6,8-9H2. The summed E-state index contributed by atoms with van der Waals surface area (Å²) in [6.45, 7) is 2.06. The number of rotatable bonds is 6. The summed E-state index contributed by atoms with van der Waals surface area (Å²) in [4.78, 5) is 0. The smallest absolute Gasteiger partial charge is 0.0462 e. The molecule has 94 valence electrons. The molecule has 0 spiro atoms. The Kier molecular flexibility index (Phi) is 4.47. The van der Waals surface area contributed by atoms with Crippen LogP contribution in [0.4, 0.5) is 0 Å². The minimum Gasteiger partial charge on any atom is -0.396 e. The van der Waals surface area contributed by atoms with Gasteiger partial charge in [0, 0.05) is 29.2 Å². The molecule has 0 atom stereocenters. The fraction of sp³-hybridized carbons (Fsp3) is 0.538. The van der Waals surface area contributed by atoms with Gasteiger partial charge in [0.1, 0.15) is 0 Å². The SMILES string of the molecule is OCCC1(CNCc2ccc(Br)cc2Cl)CC1. The van der Waals surface area contributed by atoms with Gasteiger partial charge in [0.2, 0.25) is 0 Å². The Morgan fingerprint density at radius 3 is 2.76 bits per heavy atom. The molecule has 1 aromatic rings. The Balaban J connectivity index is 1.82. The summed E-state index contributed by atoms with van der Waals surface area (Å²) in [5.41, 5.74) is 1.48. The average molecular weight is 319 g/mol. The van der Waals surface area contributed by atoms with Crippen LogP contribution < -0.4 is 5.32 Å². The zero-order chi connectivity index (χ0) is 12.3. The van der Waals surface area contributed by atoms with Gasteiger partial charge < -0.3 is 10.4 Å². The van der Waals surface area contributed by atoms with Crippen molar-refractivity contribution in [2.24, 2.45) is 5.41 Å². The van der Waals surface area contributed by atoms with Crippen LogP contribution in [0.1, 0.15) is 24.8 Å². The lowest BCUT2D eigenvalue weighted by Gasteiger charge is -2.15. The highest BCUT2D eigenvalue weighted by atomic mass is 79.9. The fourth-order valence-corrected chi connectivity index (χ4v) is 2.80. The fourth-order valence-electron chi connectivity index (χ4n) is 2.06. The van der Waals surface area contributed by atoms with Gasteiger partial charge in [-0.05, 0) is 42.4 Å². The summed E-state index contributed by atoms with van der Waals surface area (Å²) in [5, 5.41) is 13.2. The molecule has 0 aromatic heterocycles. The first-order valence-corrected chi connectivity index (χ1v) is 7.08. The van der Waals surface area contributed by atoms with Crippen LogP contribution in [0.25, 0.3) is 0 Å². The molecule has 1 fully saturated rings. The maximum Gasteiger partial charge on any atom is 0.0462 e. The lowest BCUT2D eigenvalue weighted by Crippen LogP contribution is -2.24. The monoisotopic (exact) mass is 317 g/mol. The van der Waals surface area contributed by atoms with Gasteiger partial charge in [-0.15, -0.1) is 0 Å². The molecule has 4 heteroatoms. The van der Waals surface area contributed by atoms with Gasteiger partial charge in [-0.25, -0.2) is 0 Å². The Morgan fingerprint density at radius 1 is 1.41 bits per heavy atom. The number of hydrogen-bond donors (Lipinski definition) is 2. The first-order valence-electron chi connectivity index (χ1n) is 5.91. The van der Waals surface area contributed by atoms with Crippen LogP contribution in [0.2, 0.25) is 5.02 Å². The summed E-state index contributed by atoms with van der Waals surface area (Å²) >= 11 is 9.54. The Morgan fingerprint density at radius 2 is 2.18 bits per heavy atom. The Labute approximate surface area is 115 Å². The largest absolute Gasteiger partial charge is 0.396 e. The average Bonchev–Trinajstić information content (AvgIpc) is 3.02. The number of halogens is 2. The number of aliphatic hydroxyl groups excluding tert-OH is 1. The highest BCUT2D eigenvalue weighted by Gasteiger charge is 2.41. The molecule has 1 aromatic carbocycles. The van der Waals surface area contributed by atoms with Crippen molar-refractivity contribution >= 4 is 27.5 Å². The summed E-state index contributed by atoms with van der Waals surface area (Å²) in [5.74, 6) is 0. The van der Waals surface area contributed by atoms with Gasteiger partial charge in [-0.3, -0.25) is 0 Å². The second kappa shape index (κ2) is 5.70. The summed E-state index contributed by atoms with van der Waals surface area (Å²) in [6, 6.07) is 5.95. The van der Waals surface area contributed by atoms with E-state index in [0.29, 0.717) is 12.0 Å². The number of aliphatic hydroxyl groups is 1. The molecule has 0 bridgehead atoms. The van der Waals surface area contributed by atoms with Crippen molar-refractivity contribution in [3.05, 3.63) is 33.3 Å². The van der Waals surface area contributed by atoms with Crippen molar-refractivity contribution in [1.82, 2.24) is 5.32 Å². The van der Waals surface area contributed by atoms with Gasteiger partial charge >= 0.3 is 0 Å². The van der Waals surface area contributed by atoms with E-state index in [2.05, 4.69) is 21.2 Å². The predicted octanol–water partition coefficient (Wildman–Crippen LogP) is 3.35. The molecular formula is C13H17BrClNO. The Hall–Kier alpha value is -0.0900. The van der Waals surface area contributed by atoms with Crippen LogP contribution in [0.15, 0.2) is 22.7 Å². The first kappa shape index (κ1) is 13.3. The van der Waals surface area contributed by atoms with Gasteiger partial charge in [0.15, 0.2) is 0 Å². The van der Waals surface area contributed by atoms with Gasteiger partial charge in [-0.2, -0.15) is 0 Å². The van der Waals surface area contributed by atoms with E-state index in [0.717, 1.165) is 34.6 Å². The highest BCUT2D eigenvalue weighted by molar-refractivity contribution is 9.10. The zero-order valence-corrected chi connectivity index (χ0v) is 12.0. The van der Waals surface area contributed by atoms with Crippen molar-refractivity contribution in [2.45, 2.75) is 25.8 Å². The Bertz CT molecular complexity index is 393. The molecule has 0 aliphatic heterocycles. The summed E-state index contributed by atoms with van der Waals surface area (Å²) in [7, 11) is 0. The molecule has 0 heterocycles. The number of benzene rings is 1. The van der Waals surface area contributed by atoms with Crippen LogP contribution in [0, 0.1) is 5.41 Å². The van der Waals surface area contributed by atoms with Crippen LogP contribution in [-0.4, -0.2) is 18.3 Å². The summed E-state index contributed by atoms with van der Waals surface area (Å²) < 4.78 is 1.00. The van der Waals surface area contributed by atoms with E-state index in [-0.39, 0.29) is 0 Å². The molecule has 1 aliphatic carbocycles. The quantitative estimate of drug-likeness (QED) is 0.843. The van der Waals surface area contributed by atoms with Crippen molar-refractivity contribution in [3.63, 3.8) is 0 Å². The molecule has 1 saturated carbocycles. The van der Waals surface area contributed by atoms with Gasteiger partial charge in [0.25, 0.3) is 0 Å². The minimum absolute atomic E-state index is 0.292. The molecule has 2 rings (SSSR count). The van der Waals surface area contributed by atoms with E-state index in [1.807, 2.05) is 18.2 Å². The van der Waals surface area contributed by atoms with E-state index in [1.165, 1.54) is 12.8 Å². The van der Waals surface area contributed by atoms with E-state index in [9.17, 15) is 0 Å². The van der Waals surface area contributed by atoms with Crippen molar-refractivity contribution < 1.29 is 5.11 Å². The van der Waals surface area contributed by atoms with E-state index < -0.39 is 0 Å². The predicted molar refractivity (Wildman–Crippen MR) is 74.2 cm³/mol. The molecule has 1 aliphatic rings. The van der Waals surface area contributed by atoms with Crippen molar-refractivity contribution in [2.75, 3.05) is 13.2 Å². The van der Waals surface area contributed by atoms with Crippen molar-refractivity contribution in [1.29, 1.82) is 0 Å². The number of nitrogens with one attached hydrogen (secondary N) is 1. The molecular weight excluding hydrogens is 302 g/mol. The molecule has 0 unspecified atom stereocenters. The third-order valence-electron chi connectivity index (χ3n) is 3.43. The molecule has 0 amide bonds. The molecule has 2 N–H and O–H groups in total. The lowest BCUT2D eigenvalue weighted by atomic mass is 10.0. The van der Waals surface area contributed by atoms with Crippen LogP contribution in [0.3, 0.4) is 0 Å². The second-order valence-corrected chi connectivity index (χ2v) is 6.14. The topological polar surface area (TPSA) is 32.3 Å². The van der Waals surface area contributed by atoms with Gasteiger partial charge in [-0.1, -0.05) is 33.6 Å². The molecule has 0 saturated heterocycles. The maximum absolute atomic E-state index is 8.98. The van der Waals surface area contributed by atoms with Crippen LogP contribution in [-0.2, 0) is 6.54 Å². The van der Waals surface area contributed by atoms with Crippen LogP contribution in [0.5, 0.6) is 0 Å². The molecule has 17 heavy (non-hydrogen) atoms. The van der Waals surface area contributed by atoms with E-state index >= 15 is 0 Å². The normalized spacial score (nSPS) is 17.1. The minimum atomic E-state index is 0.292. The third-order valence-corrected chi connectivity index (χ3v) is 4.27. The maximum atomic E-state index is 8.98. The third kappa shape index (κ3) is 3.68. The summed E-state index contributed by atoms with van der Waals surface area (Å²) in [6.07, 6.45) is 3.37. The van der Waals surface area contributed by atoms with Crippen molar-refractivity contribution in [3.8, 4) is 0 Å². The van der Waals surface area contributed by atoms with E-state index in [1.54, 1.807) is 0 Å². The second-order valence-electron chi connectivity index (χ2n) is 4.81. The lowest BCUT2D eigenvalue weighted by molar-refractivity contribution is 0.245. The van der Waals surface area contributed by atoms with E-state index in [4.69, 9.17) is 16.7 Å². The molecule has 0 radical (unpaired) electrons. The zero-order valence-electron chi connectivity index (χ0n) is 9.68. The van der Waals surface area contributed by atoms with Gasteiger partial charge in [0.05, 0.1) is 0 Å². The number of hydrogen-bond acceptors (Lipinski definition) is 2. The molecule has 2 nitrogen and oxygen atoms in total. The first-order chi connectivity index (χ1) is 8.15. The highest BCUT2D eigenvalue weighted by Crippen LogP contribution is 2.47. The van der Waals surface area contributed by atoms with Crippen LogP contribution >= 0.6 is 27.5 Å².